The van der Waals surface area contributed by atoms with Gasteiger partial charge >= 0.3 is 6.01 Å². The summed E-state index contributed by atoms with van der Waals surface area (Å²) in [4.78, 5) is 16.8. The maximum atomic E-state index is 13.8. The molecule has 1 heterocycles. The standard InChI is InChI=1S/C25H22F2N4O2/c1-16(2)15-33-25-29-23(18-4-3-5-20(27)14-18)31(30-25)22-12-10-21(11-13-22)28-24(32)17-6-8-19(26)9-7-17/h3-14,16H,15H2,1-2H3,(H,28,32). The van der Waals surface area contributed by atoms with Crippen LogP contribution < -0.4 is 10.1 Å². The molecular formula is C25H22F2N4O2. The number of aromatic nitrogens is 3. The fraction of sp³-hybridized carbons (Fsp3) is 0.160. The van der Waals surface area contributed by atoms with Crippen LogP contribution >= 0.6 is 0 Å². The van der Waals surface area contributed by atoms with E-state index in [9.17, 15) is 13.6 Å². The third-order valence-corrected chi connectivity index (χ3v) is 4.69. The Hall–Kier alpha value is -4.07. The van der Waals surface area contributed by atoms with Crippen LogP contribution in [0.3, 0.4) is 0 Å². The Labute approximate surface area is 189 Å². The van der Waals surface area contributed by atoms with Crippen molar-refractivity contribution in [3.63, 3.8) is 0 Å². The van der Waals surface area contributed by atoms with Gasteiger partial charge in [0, 0.05) is 16.8 Å². The van der Waals surface area contributed by atoms with Gasteiger partial charge in [0.15, 0.2) is 5.82 Å². The second-order valence-corrected chi connectivity index (χ2v) is 7.85. The lowest BCUT2D eigenvalue weighted by Crippen LogP contribution is -2.12. The van der Waals surface area contributed by atoms with Gasteiger partial charge in [-0.25, -0.2) is 13.5 Å². The first-order chi connectivity index (χ1) is 15.9. The third-order valence-electron chi connectivity index (χ3n) is 4.69. The molecule has 3 aromatic carbocycles. The van der Waals surface area contributed by atoms with E-state index in [0.717, 1.165) is 0 Å². The molecule has 0 aliphatic carbocycles. The highest BCUT2D eigenvalue weighted by Crippen LogP contribution is 2.25. The molecule has 6 nitrogen and oxygen atoms in total. The van der Waals surface area contributed by atoms with Crippen LogP contribution in [0.15, 0.2) is 72.8 Å². The largest absolute Gasteiger partial charge is 0.462 e. The van der Waals surface area contributed by atoms with Crippen molar-refractivity contribution in [1.29, 1.82) is 0 Å². The predicted molar refractivity (Wildman–Crippen MR) is 121 cm³/mol. The van der Waals surface area contributed by atoms with Gasteiger partial charge in [0.1, 0.15) is 11.6 Å². The van der Waals surface area contributed by atoms with E-state index < -0.39 is 5.82 Å². The Morgan fingerprint density at radius 3 is 2.39 bits per heavy atom. The van der Waals surface area contributed by atoms with Crippen LogP contribution in [0.4, 0.5) is 14.5 Å². The zero-order valence-corrected chi connectivity index (χ0v) is 18.1. The molecule has 0 aliphatic rings. The van der Waals surface area contributed by atoms with E-state index in [1.165, 1.54) is 36.4 Å². The maximum Gasteiger partial charge on any atom is 0.336 e. The summed E-state index contributed by atoms with van der Waals surface area (Å²) < 4.78 is 34.1. The number of amides is 1. The number of rotatable bonds is 7. The van der Waals surface area contributed by atoms with Crippen LogP contribution in [0.1, 0.15) is 24.2 Å². The van der Waals surface area contributed by atoms with Gasteiger partial charge in [0.25, 0.3) is 5.91 Å². The van der Waals surface area contributed by atoms with Crippen molar-refractivity contribution in [3.8, 4) is 23.1 Å². The molecule has 0 atom stereocenters. The van der Waals surface area contributed by atoms with Gasteiger partial charge in [0.2, 0.25) is 0 Å². The molecule has 0 aliphatic heterocycles. The lowest BCUT2D eigenvalue weighted by Gasteiger charge is -2.09. The minimum atomic E-state index is -0.408. The Kier molecular flexibility index (Phi) is 6.44. The number of benzene rings is 3. The van der Waals surface area contributed by atoms with E-state index in [4.69, 9.17) is 4.74 Å². The highest BCUT2D eigenvalue weighted by molar-refractivity contribution is 6.04. The molecule has 0 saturated carbocycles. The second kappa shape index (κ2) is 9.60. The highest BCUT2D eigenvalue weighted by atomic mass is 19.1. The molecular weight excluding hydrogens is 426 g/mol. The van der Waals surface area contributed by atoms with Gasteiger partial charge in [-0.15, -0.1) is 5.10 Å². The number of carbonyl (C=O) groups excluding carboxylic acids is 1. The third kappa shape index (κ3) is 5.41. The predicted octanol–water partition coefficient (Wildman–Crippen LogP) is 5.50. The van der Waals surface area contributed by atoms with Crippen molar-refractivity contribution in [2.45, 2.75) is 13.8 Å². The van der Waals surface area contributed by atoms with Crippen LogP contribution in [-0.4, -0.2) is 27.3 Å². The molecule has 4 aromatic rings. The molecule has 0 spiro atoms. The summed E-state index contributed by atoms with van der Waals surface area (Å²) in [5, 5.41) is 7.21. The zero-order chi connectivity index (χ0) is 23.4. The van der Waals surface area contributed by atoms with E-state index in [1.807, 2.05) is 13.8 Å². The van der Waals surface area contributed by atoms with E-state index >= 15 is 0 Å². The van der Waals surface area contributed by atoms with Gasteiger partial charge < -0.3 is 10.1 Å². The van der Waals surface area contributed by atoms with Gasteiger partial charge in [-0.2, -0.15) is 4.98 Å². The van der Waals surface area contributed by atoms with Gasteiger partial charge in [-0.3, -0.25) is 4.79 Å². The molecule has 1 amide bonds. The highest BCUT2D eigenvalue weighted by Gasteiger charge is 2.16. The Morgan fingerprint density at radius 1 is 1.00 bits per heavy atom. The van der Waals surface area contributed by atoms with Crippen molar-refractivity contribution in [1.82, 2.24) is 14.8 Å². The number of carbonyl (C=O) groups is 1. The first-order valence-electron chi connectivity index (χ1n) is 10.4. The van der Waals surface area contributed by atoms with E-state index in [2.05, 4.69) is 15.4 Å². The summed E-state index contributed by atoms with van der Waals surface area (Å²) in [6.45, 7) is 4.48. The van der Waals surface area contributed by atoms with Gasteiger partial charge in [-0.05, 0) is 66.6 Å². The normalized spacial score (nSPS) is 10.9. The first-order valence-corrected chi connectivity index (χ1v) is 10.4. The second-order valence-electron chi connectivity index (χ2n) is 7.85. The molecule has 168 valence electrons. The average Bonchev–Trinajstić information content (AvgIpc) is 3.23. The SMILES string of the molecule is CC(C)COc1nc(-c2cccc(F)c2)n(-c2ccc(NC(=O)c3ccc(F)cc3)cc2)n1. The summed E-state index contributed by atoms with van der Waals surface area (Å²) in [7, 11) is 0. The van der Waals surface area contributed by atoms with Crippen molar-refractivity contribution in [2.75, 3.05) is 11.9 Å². The van der Waals surface area contributed by atoms with Crippen molar-refractivity contribution in [2.24, 2.45) is 5.92 Å². The summed E-state index contributed by atoms with van der Waals surface area (Å²) in [6.07, 6.45) is 0. The van der Waals surface area contributed by atoms with Crippen molar-refractivity contribution < 1.29 is 18.3 Å². The van der Waals surface area contributed by atoms with Crippen LogP contribution in [-0.2, 0) is 0 Å². The maximum absolute atomic E-state index is 13.8. The smallest absolute Gasteiger partial charge is 0.336 e. The van der Waals surface area contributed by atoms with Crippen molar-refractivity contribution in [3.05, 3.63) is 90.0 Å². The lowest BCUT2D eigenvalue weighted by atomic mass is 10.2. The first kappa shape index (κ1) is 22.1. The minimum Gasteiger partial charge on any atom is -0.462 e. The Bertz CT molecular complexity index is 1250. The van der Waals surface area contributed by atoms with Crippen LogP contribution in [0.5, 0.6) is 6.01 Å². The number of nitrogens with one attached hydrogen (secondary N) is 1. The number of hydrogen-bond donors (Lipinski definition) is 1. The molecule has 1 aromatic heterocycles. The van der Waals surface area contributed by atoms with Crippen LogP contribution in [0.25, 0.3) is 17.1 Å². The van der Waals surface area contributed by atoms with Gasteiger partial charge in [0.05, 0.1) is 12.3 Å². The van der Waals surface area contributed by atoms with Crippen LogP contribution in [0.2, 0.25) is 0 Å². The van der Waals surface area contributed by atoms with E-state index in [-0.39, 0.29) is 17.7 Å². The minimum absolute atomic E-state index is 0.191. The molecule has 33 heavy (non-hydrogen) atoms. The topological polar surface area (TPSA) is 69.0 Å². The molecule has 0 saturated heterocycles. The number of hydrogen-bond acceptors (Lipinski definition) is 4. The summed E-state index contributed by atoms with van der Waals surface area (Å²) in [5.74, 6) is -0.427. The molecule has 0 fully saturated rings. The molecule has 4 rings (SSSR count). The summed E-state index contributed by atoms with van der Waals surface area (Å²) in [5.41, 5.74) is 2.10. The summed E-state index contributed by atoms with van der Waals surface area (Å²) in [6, 6.07) is 18.5. The van der Waals surface area contributed by atoms with Crippen molar-refractivity contribution >= 4 is 11.6 Å². The summed E-state index contributed by atoms with van der Waals surface area (Å²) >= 11 is 0. The quantitative estimate of drug-likeness (QED) is 0.405. The number of halogens is 2. The monoisotopic (exact) mass is 448 g/mol. The van der Waals surface area contributed by atoms with E-state index in [1.54, 1.807) is 41.1 Å². The molecule has 0 unspecified atom stereocenters. The van der Waals surface area contributed by atoms with Crippen LogP contribution in [0, 0.1) is 17.6 Å². The molecule has 1 N–H and O–H groups in total. The number of anilines is 1. The molecule has 8 heteroatoms. The Balaban J connectivity index is 1.60. The molecule has 0 bridgehead atoms. The Morgan fingerprint density at radius 2 is 1.73 bits per heavy atom. The average molecular weight is 448 g/mol. The fourth-order valence-corrected chi connectivity index (χ4v) is 3.08. The number of nitrogens with zero attached hydrogens (tertiary/aromatic N) is 3. The van der Waals surface area contributed by atoms with E-state index in [0.29, 0.717) is 40.9 Å². The van der Waals surface area contributed by atoms with Gasteiger partial charge in [-0.1, -0.05) is 26.0 Å². The lowest BCUT2D eigenvalue weighted by molar-refractivity contribution is 0.102. The fourth-order valence-electron chi connectivity index (χ4n) is 3.08. The molecule has 0 radical (unpaired) electrons. The zero-order valence-electron chi connectivity index (χ0n) is 18.1. The number of ether oxygens (including phenoxy) is 1.